The van der Waals surface area contributed by atoms with Gasteiger partial charge in [-0.05, 0) is 37.9 Å². The van der Waals surface area contributed by atoms with Crippen LogP contribution in [0.4, 0.5) is 13.2 Å². The van der Waals surface area contributed by atoms with E-state index in [2.05, 4.69) is 11.9 Å². The summed E-state index contributed by atoms with van der Waals surface area (Å²) < 4.78 is 43.8. The molecule has 2 atom stereocenters. The fourth-order valence-electron chi connectivity index (χ4n) is 3.73. The highest BCUT2D eigenvalue weighted by atomic mass is 19.4. The molecule has 2 aliphatic heterocycles. The van der Waals surface area contributed by atoms with Crippen LogP contribution in [0.1, 0.15) is 30.4 Å². The van der Waals surface area contributed by atoms with Crippen molar-refractivity contribution >= 4 is 5.78 Å². The first-order chi connectivity index (χ1) is 11.3. The molecule has 6 heteroatoms. The number of benzene rings is 1. The fourth-order valence-corrected chi connectivity index (χ4v) is 3.73. The van der Waals surface area contributed by atoms with Crippen molar-refractivity contribution in [2.75, 3.05) is 20.3 Å². The van der Waals surface area contributed by atoms with Crippen LogP contribution < -0.4 is 0 Å². The molecule has 132 valence electrons. The number of fused-ring (bicyclic) bond motifs is 2. The maximum atomic E-state index is 12.7. The number of halogens is 3. The highest BCUT2D eigenvalue weighted by molar-refractivity contribution is 5.81. The predicted octanol–water partition coefficient (Wildman–Crippen LogP) is 3.32. The lowest BCUT2D eigenvalue weighted by Gasteiger charge is -2.46. The first-order valence-electron chi connectivity index (χ1n) is 8.33. The maximum absolute atomic E-state index is 12.7. The smallest absolute Gasteiger partial charge is 0.378 e. The van der Waals surface area contributed by atoms with E-state index < -0.39 is 11.7 Å². The third-order valence-electron chi connectivity index (χ3n) is 5.26. The lowest BCUT2D eigenvalue weighted by atomic mass is 9.81. The van der Waals surface area contributed by atoms with E-state index in [1.54, 1.807) is 6.07 Å². The van der Waals surface area contributed by atoms with E-state index >= 15 is 0 Å². The number of rotatable bonds is 4. The van der Waals surface area contributed by atoms with Gasteiger partial charge < -0.3 is 4.74 Å². The van der Waals surface area contributed by atoms with Gasteiger partial charge in [0.15, 0.2) is 0 Å². The normalized spacial score (nSPS) is 27.9. The number of carbonyl (C=O) groups excluding carboxylic acids is 1. The average molecular weight is 341 g/mol. The number of hydrogen-bond acceptors (Lipinski definition) is 3. The Bertz CT molecular complexity index is 588. The zero-order valence-electron chi connectivity index (χ0n) is 13.7. The number of morpholine rings is 1. The van der Waals surface area contributed by atoms with Crippen molar-refractivity contribution in [1.82, 2.24) is 4.90 Å². The molecule has 2 unspecified atom stereocenters. The number of ketones is 1. The molecule has 0 saturated carbocycles. The van der Waals surface area contributed by atoms with Gasteiger partial charge in [0.2, 0.25) is 0 Å². The fraction of sp³-hybridized carbons (Fsp3) is 0.611. The second-order valence-electron chi connectivity index (χ2n) is 6.84. The summed E-state index contributed by atoms with van der Waals surface area (Å²) in [6, 6.07) is 5.81. The molecule has 2 aliphatic rings. The Hall–Kier alpha value is -1.40. The number of aryl methyl sites for hydroxylation is 1. The van der Waals surface area contributed by atoms with E-state index in [1.165, 1.54) is 6.07 Å². The SMILES string of the molecule is CN1C2COCC1CC(C(=O)CCc1cccc(C(F)(F)F)c1)C2. The average Bonchev–Trinajstić information content (AvgIpc) is 2.52. The third-order valence-corrected chi connectivity index (χ3v) is 5.26. The molecule has 2 heterocycles. The van der Waals surface area contributed by atoms with E-state index in [4.69, 9.17) is 4.74 Å². The van der Waals surface area contributed by atoms with Gasteiger partial charge in [-0.2, -0.15) is 13.2 Å². The van der Waals surface area contributed by atoms with E-state index in [0.29, 0.717) is 31.6 Å². The molecule has 0 aliphatic carbocycles. The van der Waals surface area contributed by atoms with E-state index in [1.807, 2.05) is 0 Å². The predicted molar refractivity (Wildman–Crippen MR) is 83.7 cm³/mol. The number of nitrogens with zero attached hydrogens (tertiary/aromatic N) is 1. The maximum Gasteiger partial charge on any atom is 0.416 e. The third kappa shape index (κ3) is 3.81. The van der Waals surface area contributed by atoms with E-state index in [9.17, 15) is 18.0 Å². The first-order valence-corrected chi connectivity index (χ1v) is 8.33. The van der Waals surface area contributed by atoms with Gasteiger partial charge in [0.25, 0.3) is 0 Å². The molecule has 3 nitrogen and oxygen atoms in total. The summed E-state index contributed by atoms with van der Waals surface area (Å²) in [6.45, 7) is 1.31. The Morgan fingerprint density at radius 2 is 1.92 bits per heavy atom. The minimum absolute atomic E-state index is 0.00546. The monoisotopic (exact) mass is 341 g/mol. The topological polar surface area (TPSA) is 29.5 Å². The Balaban J connectivity index is 1.58. The number of likely N-dealkylation sites (N-methyl/N-ethyl adjacent to an activating group) is 1. The summed E-state index contributed by atoms with van der Waals surface area (Å²) in [5.74, 6) is 0.170. The largest absolute Gasteiger partial charge is 0.416 e. The molecule has 3 rings (SSSR count). The summed E-state index contributed by atoms with van der Waals surface area (Å²) in [6.07, 6.45) is -2.11. The summed E-state index contributed by atoms with van der Waals surface area (Å²) in [5, 5.41) is 0. The molecule has 2 bridgehead atoms. The Labute approximate surface area is 139 Å². The molecule has 1 aromatic carbocycles. The molecule has 0 aromatic heterocycles. The van der Waals surface area contributed by atoms with Crippen LogP contribution in [0.25, 0.3) is 0 Å². The Morgan fingerprint density at radius 3 is 2.54 bits per heavy atom. The molecule has 2 fully saturated rings. The van der Waals surface area contributed by atoms with Crippen LogP contribution in [0, 0.1) is 5.92 Å². The summed E-state index contributed by atoms with van der Waals surface area (Å²) in [5.41, 5.74) is -0.0898. The molecule has 0 amide bonds. The number of piperidine rings is 1. The molecule has 0 spiro atoms. The van der Waals surface area contributed by atoms with Crippen LogP contribution in [0.15, 0.2) is 24.3 Å². The van der Waals surface area contributed by atoms with Gasteiger partial charge in [0.05, 0.1) is 18.8 Å². The van der Waals surface area contributed by atoms with Crippen molar-refractivity contribution in [3.8, 4) is 0 Å². The Kier molecular flexibility index (Phi) is 4.97. The van der Waals surface area contributed by atoms with Gasteiger partial charge in [-0.3, -0.25) is 9.69 Å². The summed E-state index contributed by atoms with van der Waals surface area (Å²) in [4.78, 5) is 14.8. The standard InChI is InChI=1S/C18H22F3NO2/c1-22-15-8-13(9-16(22)11-24-10-15)17(23)6-5-12-3-2-4-14(7-12)18(19,20)21/h2-4,7,13,15-16H,5-6,8-11H2,1H3. The van der Waals surface area contributed by atoms with Crippen LogP contribution >= 0.6 is 0 Å². The highest BCUT2D eigenvalue weighted by Crippen LogP contribution is 2.32. The van der Waals surface area contributed by atoms with Crippen molar-refractivity contribution in [2.45, 2.75) is 43.9 Å². The molecule has 24 heavy (non-hydrogen) atoms. The van der Waals surface area contributed by atoms with E-state index in [-0.39, 0.29) is 23.8 Å². The van der Waals surface area contributed by atoms with Gasteiger partial charge in [0, 0.05) is 24.4 Å². The van der Waals surface area contributed by atoms with Gasteiger partial charge in [0.1, 0.15) is 5.78 Å². The molecule has 0 radical (unpaired) electrons. The zero-order chi connectivity index (χ0) is 17.3. The van der Waals surface area contributed by atoms with Gasteiger partial charge in [-0.15, -0.1) is 0 Å². The lowest BCUT2D eigenvalue weighted by Crippen LogP contribution is -2.55. The van der Waals surface area contributed by atoms with Crippen molar-refractivity contribution in [3.63, 3.8) is 0 Å². The van der Waals surface area contributed by atoms with Crippen molar-refractivity contribution < 1.29 is 22.7 Å². The summed E-state index contributed by atoms with van der Waals surface area (Å²) in [7, 11) is 2.07. The number of Topliss-reactive ketones (excluding diaryl/α,β-unsaturated/α-hetero) is 1. The first kappa shape index (κ1) is 17.4. The minimum atomic E-state index is -4.34. The minimum Gasteiger partial charge on any atom is -0.378 e. The summed E-state index contributed by atoms with van der Waals surface area (Å²) >= 11 is 0. The zero-order valence-corrected chi connectivity index (χ0v) is 13.7. The van der Waals surface area contributed by atoms with Crippen LogP contribution in [0.5, 0.6) is 0 Å². The molecular weight excluding hydrogens is 319 g/mol. The number of ether oxygens (including phenoxy) is 1. The molecular formula is C18H22F3NO2. The second kappa shape index (κ2) is 6.84. The van der Waals surface area contributed by atoms with Crippen molar-refractivity contribution in [3.05, 3.63) is 35.4 Å². The molecule has 1 aromatic rings. The second-order valence-corrected chi connectivity index (χ2v) is 6.84. The molecule has 2 saturated heterocycles. The quantitative estimate of drug-likeness (QED) is 0.841. The van der Waals surface area contributed by atoms with E-state index in [0.717, 1.165) is 25.0 Å². The van der Waals surface area contributed by atoms with Crippen LogP contribution in [0.2, 0.25) is 0 Å². The van der Waals surface area contributed by atoms with Crippen LogP contribution in [-0.2, 0) is 22.1 Å². The Morgan fingerprint density at radius 1 is 1.25 bits per heavy atom. The van der Waals surface area contributed by atoms with Gasteiger partial charge >= 0.3 is 6.18 Å². The van der Waals surface area contributed by atoms with Crippen molar-refractivity contribution in [1.29, 1.82) is 0 Å². The highest BCUT2D eigenvalue weighted by Gasteiger charge is 2.39. The van der Waals surface area contributed by atoms with Gasteiger partial charge in [-0.25, -0.2) is 0 Å². The van der Waals surface area contributed by atoms with Crippen LogP contribution in [0.3, 0.4) is 0 Å². The van der Waals surface area contributed by atoms with Gasteiger partial charge in [-0.1, -0.05) is 18.2 Å². The lowest BCUT2D eigenvalue weighted by molar-refractivity contribution is -0.137. The van der Waals surface area contributed by atoms with Crippen LogP contribution in [-0.4, -0.2) is 43.0 Å². The number of hydrogen-bond donors (Lipinski definition) is 0. The molecule has 0 N–H and O–H groups in total. The number of carbonyl (C=O) groups is 1. The van der Waals surface area contributed by atoms with Crippen molar-refractivity contribution in [2.24, 2.45) is 5.92 Å². The number of alkyl halides is 3.